The molecule has 0 atom stereocenters. The van der Waals surface area contributed by atoms with Gasteiger partial charge in [-0.05, 0) is 25.2 Å². The Morgan fingerprint density at radius 2 is 1.65 bits per heavy atom. The molecular weight excluding hydrogens is 252 g/mol. The fourth-order valence-corrected chi connectivity index (χ4v) is 3.22. The molecule has 4 nitrogen and oxygen atoms in total. The van der Waals surface area contributed by atoms with Crippen molar-refractivity contribution in [2.45, 2.75) is 52.5 Å². The molecule has 0 spiro atoms. The van der Waals surface area contributed by atoms with Gasteiger partial charge in [0.05, 0.1) is 13.2 Å². The highest BCUT2D eigenvalue weighted by Gasteiger charge is 2.37. The van der Waals surface area contributed by atoms with E-state index < -0.39 is 0 Å². The molecule has 2 heterocycles. The molecule has 0 aromatic rings. The van der Waals surface area contributed by atoms with E-state index in [1.54, 1.807) is 0 Å². The summed E-state index contributed by atoms with van der Waals surface area (Å²) in [5.74, 6) is 0.321. The van der Waals surface area contributed by atoms with E-state index in [-0.39, 0.29) is 11.0 Å². The van der Waals surface area contributed by atoms with Crippen LogP contribution in [0.4, 0.5) is 0 Å². The summed E-state index contributed by atoms with van der Waals surface area (Å²) in [6, 6.07) is 0. The average Bonchev–Trinajstić information content (AvgIpc) is 2.38. The number of amides is 1. The van der Waals surface area contributed by atoms with Crippen molar-refractivity contribution in [2.75, 3.05) is 39.4 Å². The smallest absolute Gasteiger partial charge is 0.223 e. The minimum absolute atomic E-state index is 0.0854. The van der Waals surface area contributed by atoms with Crippen LogP contribution in [0.5, 0.6) is 0 Å². The molecule has 116 valence electrons. The third kappa shape index (κ3) is 3.95. The molecule has 0 unspecified atom stereocenters. The van der Waals surface area contributed by atoms with Crippen LogP contribution >= 0.6 is 0 Å². The summed E-state index contributed by atoms with van der Waals surface area (Å²) in [5.41, 5.74) is 0.338. The van der Waals surface area contributed by atoms with Crippen molar-refractivity contribution in [3.8, 4) is 0 Å². The lowest BCUT2D eigenvalue weighted by Gasteiger charge is -2.48. The van der Waals surface area contributed by atoms with Crippen molar-refractivity contribution in [1.82, 2.24) is 9.80 Å². The van der Waals surface area contributed by atoms with Crippen LogP contribution in [-0.4, -0.2) is 60.6 Å². The Morgan fingerprint density at radius 1 is 1.10 bits per heavy atom. The van der Waals surface area contributed by atoms with Gasteiger partial charge in [0.2, 0.25) is 5.91 Å². The second-order valence-corrected chi connectivity index (χ2v) is 7.71. The summed E-state index contributed by atoms with van der Waals surface area (Å²) in [6.45, 7) is 14.3. The normalized spacial score (nSPS) is 24.7. The molecule has 4 heteroatoms. The molecule has 0 aromatic carbocycles. The van der Waals surface area contributed by atoms with E-state index in [9.17, 15) is 4.79 Å². The topological polar surface area (TPSA) is 32.8 Å². The van der Waals surface area contributed by atoms with Gasteiger partial charge in [-0.1, -0.05) is 20.8 Å². The zero-order valence-corrected chi connectivity index (χ0v) is 13.6. The van der Waals surface area contributed by atoms with E-state index in [4.69, 9.17) is 4.74 Å². The molecule has 0 aromatic heterocycles. The van der Waals surface area contributed by atoms with E-state index in [0.29, 0.717) is 12.3 Å². The quantitative estimate of drug-likeness (QED) is 0.778. The number of rotatable bonds is 2. The number of nitrogens with zero attached hydrogens (tertiary/aromatic N) is 2. The van der Waals surface area contributed by atoms with Gasteiger partial charge in [-0.3, -0.25) is 9.69 Å². The number of ether oxygens (including phenoxy) is 1. The molecular formula is C16H30N2O2. The van der Waals surface area contributed by atoms with E-state index in [0.717, 1.165) is 52.2 Å². The zero-order valence-electron chi connectivity index (χ0n) is 13.6. The summed E-state index contributed by atoms with van der Waals surface area (Å²) >= 11 is 0. The summed E-state index contributed by atoms with van der Waals surface area (Å²) < 4.78 is 5.44. The maximum Gasteiger partial charge on any atom is 0.223 e. The van der Waals surface area contributed by atoms with Crippen molar-refractivity contribution in [3.63, 3.8) is 0 Å². The van der Waals surface area contributed by atoms with Gasteiger partial charge in [0, 0.05) is 38.1 Å². The second-order valence-electron chi connectivity index (χ2n) is 7.71. The fourth-order valence-electron chi connectivity index (χ4n) is 3.22. The van der Waals surface area contributed by atoms with E-state index in [1.807, 2.05) is 0 Å². The van der Waals surface area contributed by atoms with Gasteiger partial charge >= 0.3 is 0 Å². The molecule has 0 radical (unpaired) electrons. The van der Waals surface area contributed by atoms with Gasteiger partial charge in [-0.15, -0.1) is 0 Å². The predicted molar refractivity (Wildman–Crippen MR) is 80.7 cm³/mol. The Morgan fingerprint density at radius 3 is 2.15 bits per heavy atom. The molecule has 20 heavy (non-hydrogen) atoms. The lowest BCUT2D eigenvalue weighted by atomic mass is 9.86. The highest BCUT2D eigenvalue weighted by Crippen LogP contribution is 2.30. The fraction of sp³-hybridized carbons (Fsp3) is 0.938. The Balaban J connectivity index is 1.86. The Labute approximate surface area is 123 Å². The number of likely N-dealkylation sites (tertiary alicyclic amines) is 1. The first kappa shape index (κ1) is 15.8. The largest absolute Gasteiger partial charge is 0.379 e. The number of hydrogen-bond acceptors (Lipinski definition) is 3. The van der Waals surface area contributed by atoms with Crippen LogP contribution in [0.25, 0.3) is 0 Å². The number of carbonyl (C=O) groups excluding carboxylic acids is 1. The van der Waals surface area contributed by atoms with Gasteiger partial charge < -0.3 is 9.64 Å². The average molecular weight is 282 g/mol. The number of carbonyl (C=O) groups is 1. The first-order valence-electron chi connectivity index (χ1n) is 7.91. The number of piperidine rings is 1. The molecule has 1 amide bonds. The summed E-state index contributed by atoms with van der Waals surface area (Å²) in [6.07, 6.45) is 2.83. The first-order chi connectivity index (χ1) is 9.30. The van der Waals surface area contributed by atoms with Crippen LogP contribution in [-0.2, 0) is 9.53 Å². The minimum Gasteiger partial charge on any atom is -0.379 e. The summed E-state index contributed by atoms with van der Waals surface area (Å²) in [7, 11) is 0. The van der Waals surface area contributed by atoms with Crippen LogP contribution in [0, 0.1) is 5.41 Å². The van der Waals surface area contributed by atoms with Crippen molar-refractivity contribution in [3.05, 3.63) is 0 Å². The van der Waals surface area contributed by atoms with Crippen LogP contribution in [0.2, 0.25) is 0 Å². The van der Waals surface area contributed by atoms with Crippen molar-refractivity contribution >= 4 is 5.91 Å². The monoisotopic (exact) mass is 282 g/mol. The van der Waals surface area contributed by atoms with E-state index in [1.165, 1.54) is 0 Å². The Bertz CT molecular complexity index is 335. The van der Waals surface area contributed by atoms with Gasteiger partial charge in [-0.25, -0.2) is 0 Å². The van der Waals surface area contributed by atoms with Gasteiger partial charge in [0.1, 0.15) is 0 Å². The highest BCUT2D eigenvalue weighted by atomic mass is 16.5. The first-order valence-corrected chi connectivity index (χ1v) is 7.91. The van der Waals surface area contributed by atoms with E-state index in [2.05, 4.69) is 37.5 Å². The maximum absolute atomic E-state index is 12.3. The molecule has 2 aliphatic heterocycles. The molecule has 0 aliphatic carbocycles. The molecule has 2 fully saturated rings. The van der Waals surface area contributed by atoms with Crippen molar-refractivity contribution in [2.24, 2.45) is 5.41 Å². The lowest BCUT2D eigenvalue weighted by molar-refractivity contribution is -0.136. The molecule has 2 aliphatic rings. The number of morpholine rings is 1. The molecule has 0 bridgehead atoms. The predicted octanol–water partition coefficient (Wildman–Crippen LogP) is 2.14. The second kappa shape index (κ2) is 6.02. The highest BCUT2D eigenvalue weighted by molar-refractivity contribution is 5.76. The van der Waals surface area contributed by atoms with Crippen LogP contribution in [0.3, 0.4) is 0 Å². The number of hydrogen-bond donors (Lipinski definition) is 0. The Kier molecular flexibility index (Phi) is 4.75. The Hall–Kier alpha value is -0.610. The van der Waals surface area contributed by atoms with E-state index >= 15 is 0 Å². The van der Waals surface area contributed by atoms with Crippen LogP contribution < -0.4 is 0 Å². The zero-order chi connectivity index (χ0) is 14.8. The third-order valence-corrected chi connectivity index (χ3v) is 4.65. The summed E-state index contributed by atoms with van der Waals surface area (Å²) in [4.78, 5) is 16.9. The molecule has 0 saturated carbocycles. The minimum atomic E-state index is 0.0854. The molecule has 2 saturated heterocycles. The van der Waals surface area contributed by atoms with Crippen LogP contribution in [0.15, 0.2) is 0 Å². The van der Waals surface area contributed by atoms with Gasteiger partial charge in [-0.2, -0.15) is 0 Å². The third-order valence-electron chi connectivity index (χ3n) is 4.65. The summed E-state index contributed by atoms with van der Waals surface area (Å²) in [5, 5.41) is 0. The van der Waals surface area contributed by atoms with Crippen molar-refractivity contribution < 1.29 is 9.53 Å². The van der Waals surface area contributed by atoms with Crippen LogP contribution in [0.1, 0.15) is 47.0 Å². The molecule has 2 rings (SSSR count). The van der Waals surface area contributed by atoms with Crippen molar-refractivity contribution in [1.29, 1.82) is 0 Å². The SMILES string of the molecule is CC(C)(C)CC(=O)N1CCC(C)(N2CCOCC2)CC1. The standard InChI is InChI=1S/C16H30N2O2/c1-15(2,3)13-14(19)17-7-5-16(4,6-8-17)18-9-11-20-12-10-18/h5-13H2,1-4H3. The van der Waals surface area contributed by atoms with Gasteiger partial charge in [0.25, 0.3) is 0 Å². The maximum atomic E-state index is 12.3. The lowest BCUT2D eigenvalue weighted by Crippen LogP contribution is -2.57. The molecule has 0 N–H and O–H groups in total. The van der Waals surface area contributed by atoms with Gasteiger partial charge in [0.15, 0.2) is 0 Å².